The summed E-state index contributed by atoms with van der Waals surface area (Å²) in [7, 11) is 0. The molecule has 0 unspecified atom stereocenters. The Hall–Kier alpha value is -1.88. The van der Waals surface area contributed by atoms with Crippen LogP contribution in [0, 0.1) is 10.1 Å². The van der Waals surface area contributed by atoms with Crippen molar-refractivity contribution in [2.75, 3.05) is 25.0 Å². The van der Waals surface area contributed by atoms with Gasteiger partial charge >= 0.3 is 0 Å². The third-order valence-electron chi connectivity index (χ3n) is 3.14. The predicted octanol–water partition coefficient (Wildman–Crippen LogP) is 3.44. The van der Waals surface area contributed by atoms with Crippen molar-refractivity contribution < 1.29 is 4.92 Å². The molecule has 7 nitrogen and oxygen atoms in total. The number of thiophene rings is 1. The van der Waals surface area contributed by atoms with E-state index in [4.69, 9.17) is 0 Å². The van der Waals surface area contributed by atoms with E-state index in [2.05, 4.69) is 27.0 Å². The monoisotopic (exact) mass is 475 g/mol. The predicted molar refractivity (Wildman–Crippen MR) is 114 cm³/mol. The second-order valence-electron chi connectivity index (χ2n) is 4.93. The summed E-state index contributed by atoms with van der Waals surface area (Å²) in [4.78, 5) is 16.0. The van der Waals surface area contributed by atoms with Gasteiger partial charge in [0.15, 0.2) is 5.96 Å². The zero-order valence-corrected chi connectivity index (χ0v) is 17.0. The molecule has 0 saturated heterocycles. The second kappa shape index (κ2) is 11.6. The lowest BCUT2D eigenvalue weighted by Gasteiger charge is -2.12. The van der Waals surface area contributed by atoms with Gasteiger partial charge in [0.05, 0.1) is 11.5 Å². The fraction of sp³-hybridized carbons (Fsp3) is 0.312. The molecular weight excluding hydrogens is 453 g/mol. The molecule has 1 heterocycles. The number of non-ortho nitro benzene ring substituents is 1. The van der Waals surface area contributed by atoms with Gasteiger partial charge in [-0.15, -0.1) is 35.3 Å². The number of guanidine groups is 1. The van der Waals surface area contributed by atoms with E-state index >= 15 is 0 Å². The van der Waals surface area contributed by atoms with Gasteiger partial charge in [0, 0.05) is 42.3 Å². The molecule has 2 rings (SSSR count). The second-order valence-corrected chi connectivity index (χ2v) is 5.96. The molecule has 9 heteroatoms. The highest BCUT2D eigenvalue weighted by Crippen LogP contribution is 2.14. The van der Waals surface area contributed by atoms with E-state index in [1.165, 1.54) is 17.0 Å². The van der Waals surface area contributed by atoms with Crippen molar-refractivity contribution in [3.05, 3.63) is 56.8 Å². The van der Waals surface area contributed by atoms with Crippen LogP contribution in [0.3, 0.4) is 0 Å². The van der Waals surface area contributed by atoms with Gasteiger partial charge in [0.1, 0.15) is 0 Å². The highest BCUT2D eigenvalue weighted by atomic mass is 127. The third-order valence-corrected chi connectivity index (χ3v) is 4.00. The molecule has 2 aromatic rings. The number of hydrogen-bond acceptors (Lipinski definition) is 5. The number of anilines is 1. The molecule has 1 aromatic carbocycles. The van der Waals surface area contributed by atoms with Crippen LogP contribution in [0.2, 0.25) is 0 Å². The molecular formula is C16H22IN5O2S. The molecule has 0 saturated carbocycles. The van der Waals surface area contributed by atoms with E-state index in [0.29, 0.717) is 19.6 Å². The summed E-state index contributed by atoms with van der Waals surface area (Å²) in [5.41, 5.74) is 0.941. The first kappa shape index (κ1) is 21.2. The van der Waals surface area contributed by atoms with Crippen LogP contribution in [-0.4, -0.2) is 30.5 Å². The minimum absolute atomic E-state index is 0. The Bertz CT molecular complexity index is 662. The number of benzene rings is 1. The van der Waals surface area contributed by atoms with E-state index in [1.807, 2.05) is 18.4 Å². The highest BCUT2D eigenvalue weighted by molar-refractivity contribution is 14.0. The van der Waals surface area contributed by atoms with Crippen LogP contribution in [0.1, 0.15) is 11.8 Å². The minimum atomic E-state index is -0.405. The van der Waals surface area contributed by atoms with Crippen molar-refractivity contribution >= 4 is 52.6 Å². The van der Waals surface area contributed by atoms with Crippen LogP contribution in [0.25, 0.3) is 0 Å². The van der Waals surface area contributed by atoms with Crippen LogP contribution >= 0.6 is 35.3 Å². The van der Waals surface area contributed by atoms with E-state index in [9.17, 15) is 10.1 Å². The number of nitro groups is 1. The standard InChI is InChI=1S/C16H21N5O2S.HI/c1-2-17-16(20-12-15-4-3-11-24-15)19-10-9-18-13-5-7-14(8-6-13)21(22)23;/h3-8,11,18H,2,9-10,12H2,1H3,(H2,17,19,20);1H. The first-order valence-corrected chi connectivity index (χ1v) is 8.60. The molecule has 3 N–H and O–H groups in total. The normalized spacial score (nSPS) is 10.7. The molecule has 0 aliphatic rings. The number of nitrogens with zero attached hydrogens (tertiary/aromatic N) is 2. The summed E-state index contributed by atoms with van der Waals surface area (Å²) in [6.07, 6.45) is 0. The fourth-order valence-corrected chi connectivity index (χ4v) is 2.62. The van der Waals surface area contributed by atoms with E-state index in [0.717, 1.165) is 18.2 Å². The molecule has 0 fully saturated rings. The average Bonchev–Trinajstić information content (AvgIpc) is 3.10. The van der Waals surface area contributed by atoms with Gasteiger partial charge < -0.3 is 16.0 Å². The van der Waals surface area contributed by atoms with E-state index < -0.39 is 4.92 Å². The number of hydrogen-bond donors (Lipinski definition) is 3. The number of nitro benzene ring substituents is 1. The Balaban J connectivity index is 0.00000312. The first-order valence-electron chi connectivity index (χ1n) is 7.72. The van der Waals surface area contributed by atoms with Crippen molar-refractivity contribution in [3.8, 4) is 0 Å². The molecule has 0 radical (unpaired) electrons. The summed E-state index contributed by atoms with van der Waals surface area (Å²) in [6, 6.07) is 10.5. The molecule has 1 aromatic heterocycles. The minimum Gasteiger partial charge on any atom is -0.383 e. The Morgan fingerprint density at radius 3 is 2.56 bits per heavy atom. The van der Waals surface area contributed by atoms with Crippen LogP contribution in [-0.2, 0) is 6.54 Å². The number of aliphatic imine (C=N–C) groups is 1. The molecule has 0 aliphatic heterocycles. The third kappa shape index (κ3) is 7.69. The van der Waals surface area contributed by atoms with E-state index in [-0.39, 0.29) is 29.7 Å². The fourth-order valence-electron chi connectivity index (χ4n) is 1.99. The van der Waals surface area contributed by atoms with Gasteiger partial charge in [0.2, 0.25) is 0 Å². The first-order chi connectivity index (χ1) is 11.7. The van der Waals surface area contributed by atoms with Crippen LogP contribution in [0.15, 0.2) is 46.8 Å². The smallest absolute Gasteiger partial charge is 0.269 e. The zero-order chi connectivity index (χ0) is 17.2. The van der Waals surface area contributed by atoms with Gasteiger partial charge in [-0.3, -0.25) is 10.1 Å². The zero-order valence-electron chi connectivity index (χ0n) is 13.9. The quantitative estimate of drug-likeness (QED) is 0.136. The maximum Gasteiger partial charge on any atom is 0.269 e. The van der Waals surface area contributed by atoms with Crippen LogP contribution in [0.4, 0.5) is 11.4 Å². The number of nitrogens with one attached hydrogen (secondary N) is 3. The Labute approximate surface area is 168 Å². The molecule has 0 spiro atoms. The molecule has 0 atom stereocenters. The Morgan fingerprint density at radius 1 is 1.20 bits per heavy atom. The van der Waals surface area contributed by atoms with Gasteiger partial charge in [-0.1, -0.05) is 6.07 Å². The van der Waals surface area contributed by atoms with Crippen molar-refractivity contribution in [1.82, 2.24) is 10.6 Å². The molecule has 0 amide bonds. The number of halogens is 1. The lowest BCUT2D eigenvalue weighted by atomic mass is 10.3. The number of rotatable bonds is 8. The van der Waals surface area contributed by atoms with Gasteiger partial charge in [-0.05, 0) is 30.5 Å². The van der Waals surface area contributed by atoms with E-state index in [1.54, 1.807) is 23.5 Å². The summed E-state index contributed by atoms with van der Waals surface area (Å²) in [5.74, 6) is 0.774. The lowest BCUT2D eigenvalue weighted by Crippen LogP contribution is -2.39. The largest absolute Gasteiger partial charge is 0.383 e. The SMILES string of the molecule is CCNC(=NCc1cccs1)NCCNc1ccc([N+](=O)[O-])cc1.I. The van der Waals surface area contributed by atoms with Crippen molar-refractivity contribution in [1.29, 1.82) is 0 Å². The Morgan fingerprint density at radius 2 is 1.96 bits per heavy atom. The van der Waals surface area contributed by atoms with Gasteiger partial charge in [-0.2, -0.15) is 0 Å². The summed E-state index contributed by atoms with van der Waals surface area (Å²) in [5, 5.41) is 22.3. The van der Waals surface area contributed by atoms with Crippen molar-refractivity contribution in [3.63, 3.8) is 0 Å². The van der Waals surface area contributed by atoms with Gasteiger partial charge in [0.25, 0.3) is 5.69 Å². The molecule has 25 heavy (non-hydrogen) atoms. The highest BCUT2D eigenvalue weighted by Gasteiger charge is 2.03. The van der Waals surface area contributed by atoms with Crippen molar-refractivity contribution in [2.24, 2.45) is 4.99 Å². The molecule has 0 aliphatic carbocycles. The van der Waals surface area contributed by atoms with Crippen molar-refractivity contribution in [2.45, 2.75) is 13.5 Å². The summed E-state index contributed by atoms with van der Waals surface area (Å²) in [6.45, 7) is 4.85. The summed E-state index contributed by atoms with van der Waals surface area (Å²) < 4.78 is 0. The van der Waals surface area contributed by atoms with Gasteiger partial charge in [-0.25, -0.2) is 4.99 Å². The van der Waals surface area contributed by atoms with Crippen LogP contribution in [0.5, 0.6) is 0 Å². The maximum atomic E-state index is 10.6. The molecule has 136 valence electrons. The Kier molecular flexibility index (Phi) is 9.85. The summed E-state index contributed by atoms with van der Waals surface area (Å²) >= 11 is 1.69. The van der Waals surface area contributed by atoms with Crippen LogP contribution < -0.4 is 16.0 Å². The maximum absolute atomic E-state index is 10.6. The molecule has 0 bridgehead atoms. The lowest BCUT2D eigenvalue weighted by molar-refractivity contribution is -0.384. The average molecular weight is 475 g/mol. The topological polar surface area (TPSA) is 91.6 Å².